The van der Waals surface area contributed by atoms with Crippen LogP contribution >= 0.6 is 0 Å². The van der Waals surface area contributed by atoms with Gasteiger partial charge >= 0.3 is 7.12 Å². The van der Waals surface area contributed by atoms with Crippen LogP contribution in [0.15, 0.2) is 23.9 Å². The Kier molecular flexibility index (Phi) is 4.40. The van der Waals surface area contributed by atoms with E-state index in [4.69, 9.17) is 14.0 Å². The van der Waals surface area contributed by atoms with Gasteiger partial charge in [0.1, 0.15) is 23.3 Å². The molecule has 1 aromatic carbocycles. The van der Waals surface area contributed by atoms with Crippen molar-refractivity contribution in [1.82, 2.24) is 0 Å². The van der Waals surface area contributed by atoms with Gasteiger partial charge in [-0.2, -0.15) is 0 Å². The lowest BCUT2D eigenvalue weighted by molar-refractivity contribution is 0.00578. The molecule has 0 bridgehead atoms. The molecular weight excluding hydrogens is 322 g/mol. The fourth-order valence-electron chi connectivity index (χ4n) is 3.06. The largest absolute Gasteiger partial charge is 0.525 e. The van der Waals surface area contributed by atoms with Crippen LogP contribution < -0.4 is 4.74 Å². The maximum atomic E-state index is 15.4. The monoisotopic (exact) mass is 348 g/mol. The molecule has 0 saturated carbocycles. The fraction of sp³-hybridized carbons (Fsp3) is 0.579. The summed E-state index contributed by atoms with van der Waals surface area (Å²) in [5.41, 5.74) is -0.453. The maximum absolute atomic E-state index is 15.4. The van der Waals surface area contributed by atoms with Crippen molar-refractivity contribution in [2.75, 3.05) is 0 Å². The lowest BCUT2D eigenvalue weighted by Gasteiger charge is -2.32. The standard InChI is InChI=1S/C19H26BFO4/c1-11(2)15-10-14(13-8-7-12(22)9-16(13)23-15)17(21)20-24-18(3,4)19(5,6)25-20/h7-9,11,15,22H,10H2,1-6H3. The van der Waals surface area contributed by atoms with Crippen LogP contribution in [0, 0.1) is 5.92 Å². The minimum absolute atomic E-state index is 0.0959. The summed E-state index contributed by atoms with van der Waals surface area (Å²) in [6.45, 7) is 11.7. The number of rotatable bonds is 2. The number of benzene rings is 1. The van der Waals surface area contributed by atoms with E-state index in [0.29, 0.717) is 23.3 Å². The van der Waals surface area contributed by atoms with Gasteiger partial charge in [0, 0.05) is 18.1 Å². The van der Waals surface area contributed by atoms with Gasteiger partial charge in [-0.05, 0) is 51.3 Å². The number of aromatic hydroxyl groups is 1. The summed E-state index contributed by atoms with van der Waals surface area (Å²) in [6.07, 6.45) is 0.267. The Hall–Kier alpha value is -1.53. The third kappa shape index (κ3) is 3.18. The predicted molar refractivity (Wildman–Crippen MR) is 96.1 cm³/mol. The summed E-state index contributed by atoms with van der Waals surface area (Å²) >= 11 is 0. The van der Waals surface area contributed by atoms with Gasteiger partial charge in [-0.3, -0.25) is 0 Å². The van der Waals surface area contributed by atoms with Crippen LogP contribution in [0.5, 0.6) is 11.5 Å². The van der Waals surface area contributed by atoms with Crippen LogP contribution in [-0.2, 0) is 9.31 Å². The van der Waals surface area contributed by atoms with Gasteiger partial charge < -0.3 is 19.2 Å². The van der Waals surface area contributed by atoms with Gasteiger partial charge in [-0.15, -0.1) is 0 Å². The maximum Gasteiger partial charge on any atom is 0.525 e. The molecule has 6 heteroatoms. The number of hydrogen-bond acceptors (Lipinski definition) is 4. The van der Waals surface area contributed by atoms with Crippen molar-refractivity contribution < 1.29 is 23.5 Å². The second kappa shape index (κ2) is 6.03. The van der Waals surface area contributed by atoms with Gasteiger partial charge in [0.05, 0.1) is 11.2 Å². The van der Waals surface area contributed by atoms with Gasteiger partial charge in [0.25, 0.3) is 0 Å². The van der Waals surface area contributed by atoms with E-state index in [1.165, 1.54) is 12.1 Å². The molecule has 0 amide bonds. The molecule has 1 fully saturated rings. The minimum atomic E-state index is -1.03. The van der Waals surface area contributed by atoms with E-state index in [9.17, 15) is 5.11 Å². The lowest BCUT2D eigenvalue weighted by Crippen LogP contribution is -2.41. The highest BCUT2D eigenvalue weighted by Gasteiger charge is 2.54. The molecule has 2 heterocycles. The highest BCUT2D eigenvalue weighted by Crippen LogP contribution is 2.45. The number of ether oxygens (including phenoxy) is 1. The predicted octanol–water partition coefficient (Wildman–Crippen LogP) is 4.51. The number of hydrogen-bond donors (Lipinski definition) is 1. The lowest BCUT2D eigenvalue weighted by atomic mass is 9.79. The van der Waals surface area contributed by atoms with Gasteiger partial charge in [0.15, 0.2) is 0 Å². The van der Waals surface area contributed by atoms with E-state index in [1.807, 2.05) is 41.5 Å². The number of phenolic OH excluding ortho intramolecular Hbond substituents is 1. The third-order valence-corrected chi connectivity index (χ3v) is 5.47. The van der Waals surface area contributed by atoms with Gasteiger partial charge in [0.2, 0.25) is 0 Å². The van der Waals surface area contributed by atoms with Crippen molar-refractivity contribution in [3.05, 3.63) is 29.5 Å². The summed E-state index contributed by atoms with van der Waals surface area (Å²) < 4.78 is 33.1. The Morgan fingerprint density at radius 3 is 2.36 bits per heavy atom. The van der Waals surface area contributed by atoms with E-state index in [1.54, 1.807) is 6.07 Å². The van der Waals surface area contributed by atoms with Crippen LogP contribution in [0.2, 0.25) is 0 Å². The molecule has 0 aliphatic carbocycles. The second-order valence-electron chi connectivity index (χ2n) is 8.20. The molecule has 3 rings (SSSR count). The first-order chi connectivity index (χ1) is 11.5. The number of phenols is 1. The molecule has 1 saturated heterocycles. The van der Waals surface area contributed by atoms with Gasteiger partial charge in [-0.1, -0.05) is 13.8 Å². The molecule has 2 aliphatic rings. The van der Waals surface area contributed by atoms with Crippen molar-refractivity contribution in [2.45, 2.75) is 65.3 Å². The summed E-state index contributed by atoms with van der Waals surface area (Å²) in [4.78, 5) is 0. The first-order valence-electron chi connectivity index (χ1n) is 8.76. The molecule has 1 atom stereocenters. The molecule has 25 heavy (non-hydrogen) atoms. The zero-order valence-electron chi connectivity index (χ0n) is 15.7. The zero-order valence-corrected chi connectivity index (χ0v) is 15.7. The molecule has 0 radical (unpaired) electrons. The SMILES string of the molecule is CC(C)C1CC(=C(F)B2OC(C)(C)C(C)(C)O2)c2ccc(O)cc2O1. The summed E-state index contributed by atoms with van der Waals surface area (Å²) in [5, 5.41) is 9.75. The Bertz CT molecular complexity index is 695. The van der Waals surface area contributed by atoms with Crippen LogP contribution in [0.3, 0.4) is 0 Å². The fourth-order valence-corrected chi connectivity index (χ4v) is 3.06. The zero-order chi connectivity index (χ0) is 18.6. The molecule has 0 aromatic heterocycles. The van der Waals surface area contributed by atoms with Crippen LogP contribution in [0.25, 0.3) is 5.57 Å². The van der Waals surface area contributed by atoms with Crippen molar-refractivity contribution in [3.8, 4) is 11.5 Å². The molecule has 4 nitrogen and oxygen atoms in total. The topological polar surface area (TPSA) is 47.9 Å². The Morgan fingerprint density at radius 2 is 1.80 bits per heavy atom. The molecule has 1 N–H and O–H groups in total. The third-order valence-electron chi connectivity index (χ3n) is 5.47. The number of fused-ring (bicyclic) bond motifs is 1. The van der Waals surface area contributed by atoms with E-state index in [-0.39, 0.29) is 17.8 Å². The average molecular weight is 348 g/mol. The van der Waals surface area contributed by atoms with E-state index >= 15 is 4.39 Å². The highest BCUT2D eigenvalue weighted by atomic mass is 19.1. The minimum Gasteiger partial charge on any atom is -0.508 e. The quantitative estimate of drug-likeness (QED) is 0.799. The smallest absolute Gasteiger partial charge is 0.508 e. The average Bonchev–Trinajstić information content (AvgIpc) is 2.73. The van der Waals surface area contributed by atoms with E-state index < -0.39 is 24.0 Å². The van der Waals surface area contributed by atoms with Crippen LogP contribution in [0.1, 0.15) is 53.5 Å². The van der Waals surface area contributed by atoms with Crippen molar-refractivity contribution in [2.24, 2.45) is 5.92 Å². The summed E-state index contributed by atoms with van der Waals surface area (Å²) in [7, 11) is -1.03. The van der Waals surface area contributed by atoms with Crippen molar-refractivity contribution >= 4 is 12.7 Å². The summed E-state index contributed by atoms with van der Waals surface area (Å²) in [6, 6.07) is 4.75. The normalized spacial score (nSPS) is 26.4. The van der Waals surface area contributed by atoms with Crippen LogP contribution in [0.4, 0.5) is 4.39 Å². The molecule has 0 spiro atoms. The highest BCUT2D eigenvalue weighted by molar-refractivity contribution is 6.55. The molecule has 136 valence electrons. The Balaban J connectivity index is 2.04. The molecule has 1 aromatic rings. The Morgan fingerprint density at radius 1 is 1.20 bits per heavy atom. The van der Waals surface area contributed by atoms with E-state index in [0.717, 1.165) is 0 Å². The molecular formula is C19H26BFO4. The molecule has 2 aliphatic heterocycles. The molecule has 1 unspecified atom stereocenters. The van der Waals surface area contributed by atoms with Crippen molar-refractivity contribution in [3.63, 3.8) is 0 Å². The van der Waals surface area contributed by atoms with E-state index in [2.05, 4.69) is 0 Å². The number of halogens is 1. The summed E-state index contributed by atoms with van der Waals surface area (Å²) in [5.74, 6) is 0.793. The van der Waals surface area contributed by atoms with Gasteiger partial charge in [-0.25, -0.2) is 4.39 Å². The first kappa shape index (κ1) is 18.3. The van der Waals surface area contributed by atoms with Crippen LogP contribution in [-0.4, -0.2) is 29.5 Å². The van der Waals surface area contributed by atoms with Crippen molar-refractivity contribution in [1.29, 1.82) is 0 Å². The second-order valence-corrected chi connectivity index (χ2v) is 8.20. The Labute approximate surface area is 149 Å². The first-order valence-corrected chi connectivity index (χ1v) is 8.76.